The van der Waals surface area contributed by atoms with Crippen molar-refractivity contribution in [2.24, 2.45) is 0 Å². The summed E-state index contributed by atoms with van der Waals surface area (Å²) < 4.78 is 6.81. The smallest absolute Gasteiger partial charge is 0.317 e. The SMILES string of the molecule is COC(=O)C1(c2cc(C)nn2-c2ccccc2)CC1. The Bertz CT molecular complexity index is 612. The molecule has 0 spiro atoms. The zero-order chi connectivity index (χ0) is 13.5. The number of aromatic nitrogens is 2. The number of para-hydroxylation sites is 1. The minimum atomic E-state index is -0.494. The highest BCUT2D eigenvalue weighted by molar-refractivity contribution is 5.86. The summed E-state index contributed by atoms with van der Waals surface area (Å²) in [7, 11) is 1.44. The normalized spacial score (nSPS) is 16.1. The largest absolute Gasteiger partial charge is 0.468 e. The molecule has 98 valence electrons. The first kappa shape index (κ1) is 12.0. The maximum absolute atomic E-state index is 12.0. The number of ether oxygens (including phenoxy) is 1. The maximum Gasteiger partial charge on any atom is 0.317 e. The molecule has 19 heavy (non-hydrogen) atoms. The molecule has 0 saturated heterocycles. The third-order valence-corrected chi connectivity index (χ3v) is 3.65. The Morgan fingerprint density at radius 3 is 2.58 bits per heavy atom. The van der Waals surface area contributed by atoms with E-state index < -0.39 is 5.41 Å². The third kappa shape index (κ3) is 1.84. The van der Waals surface area contributed by atoms with Crippen LogP contribution in [0.25, 0.3) is 5.69 Å². The average molecular weight is 256 g/mol. The van der Waals surface area contributed by atoms with E-state index in [0.717, 1.165) is 29.9 Å². The summed E-state index contributed by atoms with van der Waals surface area (Å²) in [4.78, 5) is 12.0. The van der Waals surface area contributed by atoms with Gasteiger partial charge >= 0.3 is 5.97 Å². The summed E-state index contributed by atoms with van der Waals surface area (Å²) >= 11 is 0. The molecule has 0 N–H and O–H groups in total. The number of benzene rings is 1. The van der Waals surface area contributed by atoms with Gasteiger partial charge in [-0.15, -0.1) is 0 Å². The number of esters is 1. The van der Waals surface area contributed by atoms with Gasteiger partial charge in [-0.2, -0.15) is 5.10 Å². The van der Waals surface area contributed by atoms with Crippen molar-refractivity contribution in [2.75, 3.05) is 7.11 Å². The van der Waals surface area contributed by atoms with E-state index in [0.29, 0.717) is 0 Å². The van der Waals surface area contributed by atoms with Gasteiger partial charge in [0.25, 0.3) is 0 Å². The van der Waals surface area contributed by atoms with Crippen LogP contribution in [0.4, 0.5) is 0 Å². The van der Waals surface area contributed by atoms with Crippen LogP contribution in [0.1, 0.15) is 24.2 Å². The molecule has 0 atom stereocenters. The fourth-order valence-corrected chi connectivity index (χ4v) is 2.49. The van der Waals surface area contributed by atoms with Gasteiger partial charge in [0.2, 0.25) is 0 Å². The summed E-state index contributed by atoms with van der Waals surface area (Å²) in [5, 5.41) is 4.51. The Balaban J connectivity index is 2.11. The number of rotatable bonds is 3. The molecule has 3 rings (SSSR count). The van der Waals surface area contributed by atoms with E-state index in [4.69, 9.17) is 4.74 Å². The van der Waals surface area contributed by atoms with Gasteiger partial charge in [0.1, 0.15) is 5.41 Å². The zero-order valence-electron chi connectivity index (χ0n) is 11.1. The standard InChI is InChI=1S/C15H16N2O2/c1-11-10-13(15(8-9-15)14(18)19-2)17(16-11)12-6-4-3-5-7-12/h3-7,10H,8-9H2,1-2H3. The van der Waals surface area contributed by atoms with Crippen LogP contribution < -0.4 is 0 Å². The lowest BCUT2D eigenvalue weighted by atomic mass is 10.0. The van der Waals surface area contributed by atoms with Crippen LogP contribution in [0.2, 0.25) is 0 Å². The molecule has 1 aliphatic rings. The molecule has 1 aromatic heterocycles. The second-order valence-corrected chi connectivity index (χ2v) is 4.99. The highest BCUT2D eigenvalue weighted by Gasteiger charge is 2.55. The Kier molecular flexibility index (Phi) is 2.66. The minimum absolute atomic E-state index is 0.162. The zero-order valence-corrected chi connectivity index (χ0v) is 11.1. The maximum atomic E-state index is 12.0. The topological polar surface area (TPSA) is 44.1 Å². The predicted octanol–water partition coefficient (Wildman–Crippen LogP) is 2.39. The van der Waals surface area contributed by atoms with Crippen LogP contribution in [-0.4, -0.2) is 22.9 Å². The van der Waals surface area contributed by atoms with E-state index in [2.05, 4.69) is 5.10 Å². The summed E-state index contributed by atoms with van der Waals surface area (Å²) in [5.74, 6) is -0.162. The van der Waals surface area contributed by atoms with Crippen LogP contribution in [0, 0.1) is 6.92 Å². The van der Waals surface area contributed by atoms with Gasteiger partial charge in [0.15, 0.2) is 0 Å². The Hall–Kier alpha value is -2.10. The molecule has 0 aliphatic heterocycles. The quantitative estimate of drug-likeness (QED) is 0.792. The van der Waals surface area contributed by atoms with Crippen molar-refractivity contribution in [3.8, 4) is 5.69 Å². The van der Waals surface area contributed by atoms with E-state index in [1.807, 2.05) is 48.0 Å². The number of carbonyl (C=O) groups is 1. The highest BCUT2D eigenvalue weighted by Crippen LogP contribution is 2.49. The van der Waals surface area contributed by atoms with Gasteiger partial charge in [-0.3, -0.25) is 4.79 Å². The third-order valence-electron chi connectivity index (χ3n) is 3.65. The van der Waals surface area contributed by atoms with Gasteiger partial charge in [-0.1, -0.05) is 18.2 Å². The molecule has 1 aliphatic carbocycles. The molecule has 2 aromatic rings. The number of hydrogen-bond donors (Lipinski definition) is 0. The summed E-state index contributed by atoms with van der Waals surface area (Å²) in [6, 6.07) is 11.9. The fraction of sp³-hybridized carbons (Fsp3) is 0.333. The number of hydrogen-bond acceptors (Lipinski definition) is 3. The van der Waals surface area contributed by atoms with Crippen LogP contribution in [0.3, 0.4) is 0 Å². The van der Waals surface area contributed by atoms with E-state index in [-0.39, 0.29) is 5.97 Å². The summed E-state index contributed by atoms with van der Waals surface area (Å²) in [5.41, 5.74) is 2.32. The van der Waals surface area contributed by atoms with Crippen molar-refractivity contribution in [1.29, 1.82) is 0 Å². The van der Waals surface area contributed by atoms with Gasteiger partial charge < -0.3 is 4.74 Å². The second kappa shape index (κ2) is 4.23. The molecule has 4 heteroatoms. The van der Waals surface area contributed by atoms with Gasteiger partial charge in [-0.25, -0.2) is 4.68 Å². The predicted molar refractivity (Wildman–Crippen MR) is 71.2 cm³/mol. The van der Waals surface area contributed by atoms with Crippen LogP contribution in [0.15, 0.2) is 36.4 Å². The van der Waals surface area contributed by atoms with E-state index in [1.54, 1.807) is 0 Å². The molecule has 0 unspecified atom stereocenters. The molecule has 0 radical (unpaired) electrons. The first-order valence-corrected chi connectivity index (χ1v) is 6.38. The van der Waals surface area contributed by atoms with Gasteiger partial charge in [0.05, 0.1) is 24.2 Å². The lowest BCUT2D eigenvalue weighted by Crippen LogP contribution is -2.25. The van der Waals surface area contributed by atoms with Gasteiger partial charge in [-0.05, 0) is 38.0 Å². The van der Waals surface area contributed by atoms with Crippen LogP contribution in [0.5, 0.6) is 0 Å². The lowest BCUT2D eigenvalue weighted by Gasteiger charge is -2.15. The molecular formula is C15H16N2O2. The molecule has 1 heterocycles. The Labute approximate surface area is 112 Å². The van der Waals surface area contributed by atoms with Crippen LogP contribution >= 0.6 is 0 Å². The molecule has 1 aromatic carbocycles. The van der Waals surface area contributed by atoms with Crippen molar-refractivity contribution in [3.63, 3.8) is 0 Å². The number of nitrogens with zero attached hydrogens (tertiary/aromatic N) is 2. The minimum Gasteiger partial charge on any atom is -0.468 e. The van der Waals surface area contributed by atoms with Crippen molar-refractivity contribution in [1.82, 2.24) is 9.78 Å². The molecule has 1 saturated carbocycles. The van der Waals surface area contributed by atoms with Crippen molar-refractivity contribution in [3.05, 3.63) is 47.8 Å². The number of methoxy groups -OCH3 is 1. The first-order valence-electron chi connectivity index (χ1n) is 6.38. The van der Waals surface area contributed by atoms with E-state index >= 15 is 0 Å². The van der Waals surface area contributed by atoms with Crippen molar-refractivity contribution in [2.45, 2.75) is 25.2 Å². The molecule has 0 bridgehead atoms. The second-order valence-electron chi connectivity index (χ2n) is 4.99. The number of carbonyl (C=O) groups excluding carboxylic acids is 1. The summed E-state index contributed by atoms with van der Waals surface area (Å²) in [6.07, 6.45) is 1.66. The van der Waals surface area contributed by atoms with Crippen molar-refractivity contribution < 1.29 is 9.53 Å². The Morgan fingerprint density at radius 1 is 1.32 bits per heavy atom. The fourth-order valence-electron chi connectivity index (χ4n) is 2.49. The van der Waals surface area contributed by atoms with E-state index in [9.17, 15) is 4.79 Å². The van der Waals surface area contributed by atoms with Gasteiger partial charge in [0, 0.05) is 0 Å². The molecule has 0 amide bonds. The van der Waals surface area contributed by atoms with Crippen molar-refractivity contribution >= 4 is 5.97 Å². The first-order chi connectivity index (χ1) is 9.17. The van der Waals surface area contributed by atoms with E-state index in [1.165, 1.54) is 7.11 Å². The monoisotopic (exact) mass is 256 g/mol. The number of aryl methyl sites for hydroxylation is 1. The molecular weight excluding hydrogens is 240 g/mol. The summed E-state index contributed by atoms with van der Waals surface area (Å²) in [6.45, 7) is 1.94. The highest BCUT2D eigenvalue weighted by atomic mass is 16.5. The Morgan fingerprint density at radius 2 is 2.00 bits per heavy atom. The van der Waals surface area contributed by atoms with Crippen LogP contribution in [-0.2, 0) is 14.9 Å². The average Bonchev–Trinajstić information content (AvgIpc) is 3.16. The molecule has 4 nitrogen and oxygen atoms in total. The molecule has 1 fully saturated rings. The lowest BCUT2D eigenvalue weighted by molar-refractivity contribution is -0.143.